The van der Waals surface area contributed by atoms with Gasteiger partial charge in [0.25, 0.3) is 5.91 Å². The molecule has 1 fully saturated rings. The molecule has 1 aromatic rings. The molecule has 1 aliphatic heterocycles. The van der Waals surface area contributed by atoms with Crippen molar-refractivity contribution in [2.45, 2.75) is 38.1 Å². The van der Waals surface area contributed by atoms with Gasteiger partial charge in [0.15, 0.2) is 6.61 Å². The number of rotatable bonds is 4. The van der Waals surface area contributed by atoms with Crippen molar-refractivity contribution in [2.24, 2.45) is 0 Å². The van der Waals surface area contributed by atoms with Crippen molar-refractivity contribution in [3.63, 3.8) is 0 Å². The molecule has 0 aromatic carbocycles. The van der Waals surface area contributed by atoms with Crippen LogP contribution in [0.15, 0.2) is 18.2 Å². The van der Waals surface area contributed by atoms with Gasteiger partial charge in [-0.25, -0.2) is 4.98 Å². The van der Waals surface area contributed by atoms with E-state index in [1.54, 1.807) is 0 Å². The van der Waals surface area contributed by atoms with Gasteiger partial charge in [-0.1, -0.05) is 6.07 Å². The lowest BCUT2D eigenvalue weighted by Gasteiger charge is -2.19. The van der Waals surface area contributed by atoms with E-state index < -0.39 is 18.7 Å². The minimum absolute atomic E-state index is 0.00553. The number of alkyl halides is 3. The summed E-state index contributed by atoms with van der Waals surface area (Å²) >= 11 is 0. The molecule has 122 valence electrons. The van der Waals surface area contributed by atoms with Crippen LogP contribution < -0.4 is 20.9 Å². The lowest BCUT2D eigenvalue weighted by Crippen LogP contribution is -2.46. The van der Waals surface area contributed by atoms with Crippen LogP contribution in [0.2, 0.25) is 0 Å². The largest absolute Gasteiger partial charge is 0.468 e. The Labute approximate surface area is 125 Å². The second-order valence-electron chi connectivity index (χ2n) is 5.13. The summed E-state index contributed by atoms with van der Waals surface area (Å²) in [7, 11) is 0. The van der Waals surface area contributed by atoms with Crippen LogP contribution in [0.5, 0.6) is 5.88 Å². The predicted molar refractivity (Wildman–Crippen MR) is 72.2 cm³/mol. The molecule has 1 amide bonds. The minimum Gasteiger partial charge on any atom is -0.468 e. The van der Waals surface area contributed by atoms with E-state index in [1.165, 1.54) is 18.2 Å². The second-order valence-corrected chi connectivity index (χ2v) is 5.13. The van der Waals surface area contributed by atoms with Crippen molar-refractivity contribution in [3.05, 3.63) is 23.9 Å². The quantitative estimate of drug-likeness (QED) is 0.772. The monoisotopic (exact) mass is 318 g/mol. The third-order valence-corrected chi connectivity index (χ3v) is 3.25. The van der Waals surface area contributed by atoms with Crippen LogP contribution in [0, 0.1) is 0 Å². The molecule has 0 spiro atoms. The maximum atomic E-state index is 12.1. The molecular weight excluding hydrogens is 301 g/mol. The number of ether oxygens (including phenoxy) is 1. The van der Waals surface area contributed by atoms with Crippen LogP contribution in [0.3, 0.4) is 0 Å². The first-order valence-electron chi connectivity index (χ1n) is 6.75. The standard InChI is InChI=1S/C13H17F3N4O2/c1-7-11(8(2)20-19-7)18-12(21)9-4-3-5-10(17-9)22-6-13(14,15)16/h3-5,7-8,11,19-20H,6H2,1-2H3,(H,18,21). The summed E-state index contributed by atoms with van der Waals surface area (Å²) in [6.07, 6.45) is -4.45. The van der Waals surface area contributed by atoms with E-state index in [0.717, 1.165) is 0 Å². The highest BCUT2D eigenvalue weighted by molar-refractivity contribution is 5.92. The van der Waals surface area contributed by atoms with E-state index >= 15 is 0 Å². The minimum atomic E-state index is -4.45. The van der Waals surface area contributed by atoms with Crippen LogP contribution in [0.1, 0.15) is 24.3 Å². The first-order chi connectivity index (χ1) is 10.3. The first-order valence-corrected chi connectivity index (χ1v) is 6.75. The molecular formula is C13H17F3N4O2. The van der Waals surface area contributed by atoms with E-state index in [-0.39, 0.29) is 29.7 Å². The Balaban J connectivity index is 2.01. The van der Waals surface area contributed by atoms with Crippen molar-refractivity contribution in [2.75, 3.05) is 6.61 Å². The third kappa shape index (κ3) is 4.31. The van der Waals surface area contributed by atoms with Crippen LogP contribution in [0.4, 0.5) is 13.2 Å². The number of hydrazine groups is 1. The van der Waals surface area contributed by atoms with Gasteiger partial charge < -0.3 is 10.1 Å². The normalized spacial score (nSPS) is 25.0. The summed E-state index contributed by atoms with van der Waals surface area (Å²) in [5.74, 6) is -0.708. The fourth-order valence-corrected chi connectivity index (χ4v) is 2.13. The zero-order chi connectivity index (χ0) is 16.3. The van der Waals surface area contributed by atoms with E-state index in [1.807, 2.05) is 13.8 Å². The van der Waals surface area contributed by atoms with Crippen molar-refractivity contribution in [3.8, 4) is 5.88 Å². The number of nitrogens with one attached hydrogen (secondary N) is 3. The number of carbonyl (C=O) groups excluding carboxylic acids is 1. The van der Waals surface area contributed by atoms with Gasteiger partial charge >= 0.3 is 6.18 Å². The molecule has 0 bridgehead atoms. The Morgan fingerprint density at radius 3 is 2.55 bits per heavy atom. The average molecular weight is 318 g/mol. The summed E-state index contributed by atoms with van der Waals surface area (Å²) in [5, 5.41) is 2.79. The van der Waals surface area contributed by atoms with Crippen LogP contribution in [-0.2, 0) is 0 Å². The predicted octanol–water partition coefficient (Wildman–Crippen LogP) is 1.01. The Hall–Kier alpha value is -1.87. The highest BCUT2D eigenvalue weighted by Crippen LogP contribution is 2.17. The molecule has 6 nitrogen and oxygen atoms in total. The SMILES string of the molecule is CC1NNC(C)C1NC(=O)c1cccc(OCC(F)(F)F)n1. The maximum Gasteiger partial charge on any atom is 0.422 e. The molecule has 1 aromatic heterocycles. The van der Waals surface area contributed by atoms with Crippen molar-refractivity contribution in [1.29, 1.82) is 0 Å². The summed E-state index contributed by atoms with van der Waals surface area (Å²) in [4.78, 5) is 15.9. The maximum absolute atomic E-state index is 12.1. The summed E-state index contributed by atoms with van der Waals surface area (Å²) in [6, 6.07) is 3.99. The first kappa shape index (κ1) is 16.5. The number of hydrogen-bond acceptors (Lipinski definition) is 5. The van der Waals surface area contributed by atoms with E-state index in [4.69, 9.17) is 0 Å². The molecule has 2 heterocycles. The van der Waals surface area contributed by atoms with Gasteiger partial charge in [0, 0.05) is 18.2 Å². The summed E-state index contributed by atoms with van der Waals surface area (Å²) in [6.45, 7) is 2.35. The van der Waals surface area contributed by atoms with Crippen LogP contribution in [-0.4, -0.2) is 41.8 Å². The number of hydrogen-bond donors (Lipinski definition) is 3. The highest BCUT2D eigenvalue weighted by Gasteiger charge is 2.32. The van der Waals surface area contributed by atoms with Crippen molar-refractivity contribution < 1.29 is 22.7 Å². The molecule has 1 aliphatic rings. The number of carbonyl (C=O) groups is 1. The number of amides is 1. The summed E-state index contributed by atoms with van der Waals surface area (Å²) < 4.78 is 40.9. The highest BCUT2D eigenvalue weighted by atomic mass is 19.4. The fraction of sp³-hybridized carbons (Fsp3) is 0.538. The number of pyridine rings is 1. The molecule has 0 radical (unpaired) electrons. The molecule has 3 N–H and O–H groups in total. The van der Waals surface area contributed by atoms with Gasteiger partial charge in [-0.15, -0.1) is 0 Å². The molecule has 2 rings (SSSR count). The topological polar surface area (TPSA) is 75.3 Å². The molecule has 22 heavy (non-hydrogen) atoms. The Kier molecular flexibility index (Phi) is 4.87. The Morgan fingerprint density at radius 1 is 1.32 bits per heavy atom. The Bertz CT molecular complexity index is 528. The van der Waals surface area contributed by atoms with Gasteiger partial charge in [0.05, 0.1) is 6.04 Å². The fourth-order valence-electron chi connectivity index (χ4n) is 2.13. The molecule has 9 heteroatoms. The zero-order valence-electron chi connectivity index (χ0n) is 12.1. The smallest absolute Gasteiger partial charge is 0.422 e. The van der Waals surface area contributed by atoms with Gasteiger partial charge in [-0.05, 0) is 19.9 Å². The lowest BCUT2D eigenvalue weighted by atomic mass is 10.1. The lowest BCUT2D eigenvalue weighted by molar-refractivity contribution is -0.154. The third-order valence-electron chi connectivity index (χ3n) is 3.25. The second kappa shape index (κ2) is 6.49. The van der Waals surface area contributed by atoms with Crippen molar-refractivity contribution in [1.82, 2.24) is 21.2 Å². The van der Waals surface area contributed by atoms with Crippen LogP contribution >= 0.6 is 0 Å². The Morgan fingerprint density at radius 2 is 1.95 bits per heavy atom. The van der Waals surface area contributed by atoms with Gasteiger partial charge in [-0.2, -0.15) is 13.2 Å². The van der Waals surface area contributed by atoms with E-state index in [2.05, 4.69) is 25.9 Å². The van der Waals surface area contributed by atoms with E-state index in [9.17, 15) is 18.0 Å². The molecule has 0 saturated carbocycles. The molecule has 1 saturated heterocycles. The van der Waals surface area contributed by atoms with E-state index in [0.29, 0.717) is 0 Å². The molecule has 2 atom stereocenters. The van der Waals surface area contributed by atoms with Gasteiger partial charge in [0.2, 0.25) is 5.88 Å². The van der Waals surface area contributed by atoms with Gasteiger partial charge in [-0.3, -0.25) is 15.6 Å². The zero-order valence-corrected chi connectivity index (χ0v) is 12.1. The average Bonchev–Trinajstić information content (AvgIpc) is 2.76. The summed E-state index contributed by atoms with van der Waals surface area (Å²) in [5.41, 5.74) is 5.98. The number of nitrogens with zero attached hydrogens (tertiary/aromatic N) is 1. The van der Waals surface area contributed by atoms with Gasteiger partial charge in [0.1, 0.15) is 5.69 Å². The molecule has 2 unspecified atom stereocenters. The number of aromatic nitrogens is 1. The van der Waals surface area contributed by atoms with Crippen LogP contribution in [0.25, 0.3) is 0 Å². The number of halogens is 3. The van der Waals surface area contributed by atoms with Crippen molar-refractivity contribution >= 4 is 5.91 Å². The molecule has 0 aliphatic carbocycles.